The number of carbonyl (C=O) groups is 1. The van der Waals surface area contributed by atoms with Gasteiger partial charge in [0.15, 0.2) is 0 Å². The Morgan fingerprint density at radius 3 is 2.65 bits per heavy atom. The molecule has 0 bridgehead atoms. The van der Waals surface area contributed by atoms with E-state index in [4.69, 9.17) is 17.3 Å². The third-order valence-electron chi connectivity index (χ3n) is 2.49. The van der Waals surface area contributed by atoms with Crippen molar-refractivity contribution in [3.05, 3.63) is 28.8 Å². The topological polar surface area (TPSA) is 66.6 Å². The summed E-state index contributed by atoms with van der Waals surface area (Å²) in [6, 6.07) is 5.21. The SMILES string of the molecule is CC(C)N(CC(N)=O)Cc1ccc(O)c(Cl)c1. The highest BCUT2D eigenvalue weighted by Gasteiger charge is 2.13. The number of phenolic OH excluding ortho intramolecular Hbond substituents is 1. The van der Waals surface area contributed by atoms with E-state index in [1.807, 2.05) is 18.7 Å². The minimum atomic E-state index is -0.358. The molecule has 0 fully saturated rings. The van der Waals surface area contributed by atoms with Crippen LogP contribution in [0.3, 0.4) is 0 Å². The van der Waals surface area contributed by atoms with Crippen LogP contribution in [0.4, 0.5) is 0 Å². The monoisotopic (exact) mass is 256 g/mol. The molecule has 1 amide bonds. The molecule has 5 heteroatoms. The second kappa shape index (κ2) is 5.89. The fourth-order valence-electron chi connectivity index (χ4n) is 1.50. The molecule has 0 aromatic heterocycles. The number of phenols is 1. The lowest BCUT2D eigenvalue weighted by molar-refractivity contribution is -0.119. The number of nitrogens with two attached hydrogens (primary N) is 1. The fraction of sp³-hybridized carbons (Fsp3) is 0.417. The van der Waals surface area contributed by atoms with E-state index in [1.54, 1.807) is 18.2 Å². The lowest BCUT2D eigenvalue weighted by Gasteiger charge is -2.25. The van der Waals surface area contributed by atoms with Crippen LogP contribution in [0.15, 0.2) is 18.2 Å². The van der Waals surface area contributed by atoms with Gasteiger partial charge in [-0.05, 0) is 31.5 Å². The van der Waals surface area contributed by atoms with Crippen LogP contribution in [0.2, 0.25) is 5.02 Å². The largest absolute Gasteiger partial charge is 0.506 e. The first-order chi connectivity index (χ1) is 7.90. The Balaban J connectivity index is 2.78. The highest BCUT2D eigenvalue weighted by Crippen LogP contribution is 2.24. The molecule has 0 aliphatic rings. The number of rotatable bonds is 5. The van der Waals surface area contributed by atoms with E-state index in [1.165, 1.54) is 0 Å². The van der Waals surface area contributed by atoms with E-state index in [2.05, 4.69) is 0 Å². The van der Waals surface area contributed by atoms with Crippen molar-refractivity contribution in [3.8, 4) is 5.75 Å². The molecule has 4 nitrogen and oxygen atoms in total. The first kappa shape index (κ1) is 13.8. The Bertz CT molecular complexity index is 407. The van der Waals surface area contributed by atoms with E-state index < -0.39 is 0 Å². The Kier molecular flexibility index (Phi) is 4.78. The summed E-state index contributed by atoms with van der Waals surface area (Å²) in [6.07, 6.45) is 0. The quantitative estimate of drug-likeness (QED) is 0.843. The van der Waals surface area contributed by atoms with Gasteiger partial charge >= 0.3 is 0 Å². The molecule has 3 N–H and O–H groups in total. The third kappa shape index (κ3) is 4.24. The second-order valence-corrected chi connectivity index (χ2v) is 4.66. The summed E-state index contributed by atoms with van der Waals surface area (Å²) in [6.45, 7) is 4.76. The highest BCUT2D eigenvalue weighted by atomic mass is 35.5. The number of primary amides is 1. The van der Waals surface area contributed by atoms with Gasteiger partial charge in [0, 0.05) is 12.6 Å². The molecule has 1 rings (SSSR count). The summed E-state index contributed by atoms with van der Waals surface area (Å²) in [5.41, 5.74) is 6.13. The molecule has 0 saturated heterocycles. The zero-order chi connectivity index (χ0) is 13.0. The van der Waals surface area contributed by atoms with E-state index in [0.29, 0.717) is 11.6 Å². The Hall–Kier alpha value is -1.26. The number of nitrogens with zero attached hydrogens (tertiary/aromatic N) is 1. The van der Waals surface area contributed by atoms with E-state index in [-0.39, 0.29) is 24.2 Å². The first-order valence-corrected chi connectivity index (χ1v) is 5.77. The van der Waals surface area contributed by atoms with Crippen molar-refractivity contribution < 1.29 is 9.90 Å². The van der Waals surface area contributed by atoms with Crippen LogP contribution >= 0.6 is 11.6 Å². The van der Waals surface area contributed by atoms with Crippen molar-refractivity contribution in [1.29, 1.82) is 0 Å². The van der Waals surface area contributed by atoms with Gasteiger partial charge < -0.3 is 10.8 Å². The fourth-order valence-corrected chi connectivity index (χ4v) is 1.71. The van der Waals surface area contributed by atoms with Gasteiger partial charge in [-0.3, -0.25) is 9.69 Å². The molecule has 0 aliphatic heterocycles. The maximum absolute atomic E-state index is 10.9. The van der Waals surface area contributed by atoms with Crippen LogP contribution < -0.4 is 5.73 Å². The average Bonchev–Trinajstić information content (AvgIpc) is 2.21. The van der Waals surface area contributed by atoms with Crippen LogP contribution in [0.25, 0.3) is 0 Å². The predicted molar refractivity (Wildman–Crippen MR) is 67.9 cm³/mol. The summed E-state index contributed by atoms with van der Waals surface area (Å²) in [5, 5.41) is 9.62. The maximum atomic E-state index is 10.9. The van der Waals surface area contributed by atoms with Gasteiger partial charge in [0.25, 0.3) is 0 Å². The molecule has 0 atom stereocenters. The molecule has 0 saturated carbocycles. The molecule has 0 aliphatic carbocycles. The van der Waals surface area contributed by atoms with E-state index in [0.717, 1.165) is 5.56 Å². The average molecular weight is 257 g/mol. The van der Waals surface area contributed by atoms with Gasteiger partial charge in [0.1, 0.15) is 5.75 Å². The number of benzene rings is 1. The molecule has 0 unspecified atom stereocenters. The molecule has 1 aromatic carbocycles. The van der Waals surface area contributed by atoms with Crippen molar-refractivity contribution in [3.63, 3.8) is 0 Å². The van der Waals surface area contributed by atoms with Gasteiger partial charge in [-0.15, -0.1) is 0 Å². The smallest absolute Gasteiger partial charge is 0.231 e. The number of hydrogen-bond donors (Lipinski definition) is 2. The van der Waals surface area contributed by atoms with Crippen molar-refractivity contribution in [2.45, 2.75) is 26.4 Å². The highest BCUT2D eigenvalue weighted by molar-refractivity contribution is 6.32. The van der Waals surface area contributed by atoms with Crippen LogP contribution in [0, 0.1) is 0 Å². The lowest BCUT2D eigenvalue weighted by atomic mass is 10.2. The summed E-state index contributed by atoms with van der Waals surface area (Å²) in [7, 11) is 0. The summed E-state index contributed by atoms with van der Waals surface area (Å²) >= 11 is 5.82. The van der Waals surface area contributed by atoms with Crippen molar-refractivity contribution >= 4 is 17.5 Å². The number of hydrogen-bond acceptors (Lipinski definition) is 3. The molecular weight excluding hydrogens is 240 g/mol. The zero-order valence-electron chi connectivity index (χ0n) is 9.98. The van der Waals surface area contributed by atoms with Gasteiger partial charge in [0.05, 0.1) is 11.6 Å². The summed E-state index contributed by atoms with van der Waals surface area (Å²) in [4.78, 5) is 12.9. The molecule has 1 aromatic rings. The standard InChI is InChI=1S/C12H17ClN2O2/c1-8(2)15(7-12(14)17)6-9-3-4-11(16)10(13)5-9/h3-5,8,16H,6-7H2,1-2H3,(H2,14,17). The van der Waals surface area contributed by atoms with Crippen LogP contribution in [0.5, 0.6) is 5.75 Å². The first-order valence-electron chi connectivity index (χ1n) is 5.40. The second-order valence-electron chi connectivity index (χ2n) is 4.25. The van der Waals surface area contributed by atoms with Crippen LogP contribution in [-0.4, -0.2) is 28.5 Å². The number of aromatic hydroxyl groups is 1. The summed E-state index contributed by atoms with van der Waals surface area (Å²) < 4.78 is 0. The summed E-state index contributed by atoms with van der Waals surface area (Å²) in [5.74, 6) is -0.301. The van der Waals surface area contributed by atoms with Crippen molar-refractivity contribution in [2.24, 2.45) is 5.73 Å². The van der Waals surface area contributed by atoms with Gasteiger partial charge in [-0.2, -0.15) is 0 Å². The molecule has 17 heavy (non-hydrogen) atoms. The number of amides is 1. The minimum absolute atomic E-state index is 0.0569. The Labute approximate surface area is 106 Å². The number of carbonyl (C=O) groups excluding carboxylic acids is 1. The van der Waals surface area contributed by atoms with Crippen molar-refractivity contribution in [1.82, 2.24) is 4.90 Å². The molecule has 0 spiro atoms. The normalized spacial score (nSPS) is 11.1. The molecule has 94 valence electrons. The van der Waals surface area contributed by atoms with Crippen LogP contribution in [0.1, 0.15) is 19.4 Å². The predicted octanol–water partition coefficient (Wildman–Crippen LogP) is 1.74. The van der Waals surface area contributed by atoms with Crippen molar-refractivity contribution in [2.75, 3.05) is 6.54 Å². The van der Waals surface area contributed by atoms with Gasteiger partial charge in [-0.25, -0.2) is 0 Å². The maximum Gasteiger partial charge on any atom is 0.231 e. The molecule has 0 radical (unpaired) electrons. The third-order valence-corrected chi connectivity index (χ3v) is 2.79. The zero-order valence-corrected chi connectivity index (χ0v) is 10.7. The van der Waals surface area contributed by atoms with E-state index in [9.17, 15) is 9.90 Å². The minimum Gasteiger partial charge on any atom is -0.506 e. The van der Waals surface area contributed by atoms with Gasteiger partial charge in [-0.1, -0.05) is 17.7 Å². The van der Waals surface area contributed by atoms with E-state index >= 15 is 0 Å². The lowest BCUT2D eigenvalue weighted by Crippen LogP contribution is -2.37. The molecule has 0 heterocycles. The number of halogens is 1. The van der Waals surface area contributed by atoms with Crippen LogP contribution in [-0.2, 0) is 11.3 Å². The Morgan fingerprint density at radius 1 is 1.53 bits per heavy atom. The van der Waals surface area contributed by atoms with Gasteiger partial charge in [0.2, 0.25) is 5.91 Å². The molecular formula is C12H17ClN2O2. The Morgan fingerprint density at radius 2 is 2.18 bits per heavy atom.